The van der Waals surface area contributed by atoms with E-state index in [4.69, 9.17) is 0 Å². The van der Waals surface area contributed by atoms with Crippen LogP contribution in [0.3, 0.4) is 0 Å². The Hall–Kier alpha value is -0.490. The lowest BCUT2D eigenvalue weighted by Gasteiger charge is -2.21. The van der Waals surface area contributed by atoms with E-state index in [0.717, 1.165) is 36.3 Å². The summed E-state index contributed by atoms with van der Waals surface area (Å²) in [6, 6.07) is 3.78. The average Bonchev–Trinajstić information content (AvgIpc) is 2.41. The summed E-state index contributed by atoms with van der Waals surface area (Å²) in [4.78, 5) is 6.65. The van der Waals surface area contributed by atoms with Gasteiger partial charge in [-0.3, -0.25) is 4.98 Å². The standard InChI is InChI=1S/C13H22BrN3O/c1-3-17(4-2)8-7-15-13(10-18)12-6-5-11(14)9-16-12/h5-6,9,13,15,18H,3-4,7-8,10H2,1-2H3. The number of rotatable bonds is 8. The van der Waals surface area contributed by atoms with Gasteiger partial charge in [-0.25, -0.2) is 0 Å². The Morgan fingerprint density at radius 3 is 2.61 bits per heavy atom. The first-order valence-corrected chi connectivity index (χ1v) is 7.18. The van der Waals surface area contributed by atoms with Gasteiger partial charge in [0.2, 0.25) is 0 Å². The highest BCUT2D eigenvalue weighted by Crippen LogP contribution is 2.13. The van der Waals surface area contributed by atoms with Gasteiger partial charge >= 0.3 is 0 Å². The third-order valence-corrected chi connectivity index (χ3v) is 3.47. The first kappa shape index (κ1) is 15.6. The number of likely N-dealkylation sites (N-methyl/N-ethyl adjacent to an activating group) is 1. The Labute approximate surface area is 118 Å². The van der Waals surface area contributed by atoms with Crippen LogP contribution in [0.1, 0.15) is 25.6 Å². The van der Waals surface area contributed by atoms with Crippen molar-refractivity contribution < 1.29 is 5.11 Å². The van der Waals surface area contributed by atoms with Crippen molar-refractivity contribution in [3.63, 3.8) is 0 Å². The van der Waals surface area contributed by atoms with Crippen LogP contribution < -0.4 is 5.32 Å². The molecule has 0 amide bonds. The van der Waals surface area contributed by atoms with Gasteiger partial charge in [-0.05, 0) is 41.2 Å². The fourth-order valence-electron chi connectivity index (χ4n) is 1.79. The molecule has 0 aliphatic carbocycles. The number of hydrogen-bond donors (Lipinski definition) is 2. The highest BCUT2D eigenvalue weighted by molar-refractivity contribution is 9.10. The third kappa shape index (κ3) is 5.02. The molecule has 1 rings (SSSR count). The summed E-state index contributed by atoms with van der Waals surface area (Å²) in [5.41, 5.74) is 0.875. The van der Waals surface area contributed by atoms with Crippen molar-refractivity contribution in [3.8, 4) is 0 Å². The Kier molecular flexibility index (Phi) is 7.42. The number of nitrogens with one attached hydrogen (secondary N) is 1. The summed E-state index contributed by atoms with van der Waals surface area (Å²) in [6.07, 6.45) is 1.75. The predicted molar refractivity (Wildman–Crippen MR) is 77.6 cm³/mol. The number of aliphatic hydroxyl groups excluding tert-OH is 1. The molecule has 0 radical (unpaired) electrons. The van der Waals surface area contributed by atoms with Gasteiger partial charge in [0.05, 0.1) is 18.3 Å². The number of hydrogen-bond acceptors (Lipinski definition) is 4. The van der Waals surface area contributed by atoms with Crippen molar-refractivity contribution in [1.29, 1.82) is 0 Å². The molecule has 0 saturated carbocycles. The fourth-order valence-corrected chi connectivity index (χ4v) is 2.03. The van der Waals surface area contributed by atoms with Crippen LogP contribution in [0, 0.1) is 0 Å². The quantitative estimate of drug-likeness (QED) is 0.768. The lowest BCUT2D eigenvalue weighted by atomic mass is 10.2. The molecule has 18 heavy (non-hydrogen) atoms. The molecule has 1 atom stereocenters. The molecule has 5 heteroatoms. The van der Waals surface area contributed by atoms with Crippen LogP contribution >= 0.6 is 15.9 Å². The zero-order valence-electron chi connectivity index (χ0n) is 11.1. The summed E-state index contributed by atoms with van der Waals surface area (Å²) in [7, 11) is 0. The van der Waals surface area contributed by atoms with E-state index in [1.807, 2.05) is 12.1 Å². The lowest BCUT2D eigenvalue weighted by molar-refractivity contribution is 0.231. The molecule has 0 aliphatic rings. The van der Waals surface area contributed by atoms with Gasteiger partial charge in [-0.1, -0.05) is 13.8 Å². The molecule has 0 aromatic carbocycles. The summed E-state index contributed by atoms with van der Waals surface area (Å²) in [5, 5.41) is 12.7. The minimum Gasteiger partial charge on any atom is -0.394 e. The number of aromatic nitrogens is 1. The van der Waals surface area contributed by atoms with E-state index in [-0.39, 0.29) is 12.6 Å². The summed E-state index contributed by atoms with van der Waals surface area (Å²) < 4.78 is 0.950. The third-order valence-electron chi connectivity index (χ3n) is 3.00. The van der Waals surface area contributed by atoms with E-state index >= 15 is 0 Å². The highest BCUT2D eigenvalue weighted by atomic mass is 79.9. The molecule has 1 aromatic heterocycles. The van der Waals surface area contributed by atoms with Gasteiger partial charge in [-0.15, -0.1) is 0 Å². The SMILES string of the molecule is CCN(CC)CCNC(CO)c1ccc(Br)cn1. The second-order valence-electron chi connectivity index (χ2n) is 4.12. The van der Waals surface area contributed by atoms with Crippen molar-refractivity contribution in [2.24, 2.45) is 0 Å². The molecule has 4 nitrogen and oxygen atoms in total. The van der Waals surface area contributed by atoms with Crippen molar-refractivity contribution >= 4 is 15.9 Å². The number of aliphatic hydroxyl groups is 1. The monoisotopic (exact) mass is 315 g/mol. The Morgan fingerprint density at radius 1 is 1.39 bits per heavy atom. The van der Waals surface area contributed by atoms with Crippen molar-refractivity contribution in [2.45, 2.75) is 19.9 Å². The first-order valence-electron chi connectivity index (χ1n) is 6.39. The van der Waals surface area contributed by atoms with E-state index < -0.39 is 0 Å². The molecule has 0 saturated heterocycles. The molecule has 1 unspecified atom stereocenters. The minimum absolute atomic E-state index is 0.0624. The zero-order valence-corrected chi connectivity index (χ0v) is 12.7. The van der Waals surface area contributed by atoms with E-state index in [1.165, 1.54) is 0 Å². The molecule has 102 valence electrons. The van der Waals surface area contributed by atoms with Crippen molar-refractivity contribution in [1.82, 2.24) is 15.2 Å². The molecule has 0 fully saturated rings. The van der Waals surface area contributed by atoms with E-state index in [2.05, 4.69) is 45.0 Å². The molecule has 0 aliphatic heterocycles. The Bertz CT molecular complexity index is 328. The van der Waals surface area contributed by atoms with Crippen LogP contribution in [-0.4, -0.2) is 47.8 Å². The maximum Gasteiger partial charge on any atom is 0.0730 e. The maximum atomic E-state index is 9.40. The normalized spacial score (nSPS) is 12.9. The van der Waals surface area contributed by atoms with Gasteiger partial charge in [0.1, 0.15) is 0 Å². The molecular weight excluding hydrogens is 294 g/mol. The molecule has 0 bridgehead atoms. The van der Waals surface area contributed by atoms with Crippen LogP contribution in [0.4, 0.5) is 0 Å². The Morgan fingerprint density at radius 2 is 2.11 bits per heavy atom. The predicted octanol–water partition coefficient (Wildman–Crippen LogP) is 1.81. The number of pyridine rings is 1. The van der Waals surface area contributed by atoms with Crippen LogP contribution in [0.15, 0.2) is 22.8 Å². The van der Waals surface area contributed by atoms with E-state index in [0.29, 0.717) is 0 Å². The van der Waals surface area contributed by atoms with Gasteiger partial charge < -0.3 is 15.3 Å². The smallest absolute Gasteiger partial charge is 0.0730 e. The Balaban J connectivity index is 2.44. The lowest BCUT2D eigenvalue weighted by Crippen LogP contribution is -2.35. The van der Waals surface area contributed by atoms with Gasteiger partial charge in [0.25, 0.3) is 0 Å². The van der Waals surface area contributed by atoms with Crippen molar-refractivity contribution in [2.75, 3.05) is 32.8 Å². The maximum absolute atomic E-state index is 9.40. The fraction of sp³-hybridized carbons (Fsp3) is 0.615. The number of nitrogens with zero attached hydrogens (tertiary/aromatic N) is 2. The molecular formula is C13H22BrN3O. The molecule has 0 spiro atoms. The summed E-state index contributed by atoms with van der Waals surface area (Å²) in [6.45, 7) is 8.32. The van der Waals surface area contributed by atoms with Gasteiger partial charge in [0, 0.05) is 23.8 Å². The zero-order chi connectivity index (χ0) is 13.4. The van der Waals surface area contributed by atoms with Gasteiger partial charge in [-0.2, -0.15) is 0 Å². The van der Waals surface area contributed by atoms with E-state index in [1.54, 1.807) is 6.20 Å². The molecule has 1 heterocycles. The summed E-state index contributed by atoms with van der Waals surface area (Å²) in [5.74, 6) is 0. The largest absolute Gasteiger partial charge is 0.394 e. The summed E-state index contributed by atoms with van der Waals surface area (Å²) >= 11 is 3.35. The number of halogens is 1. The highest BCUT2D eigenvalue weighted by Gasteiger charge is 2.11. The van der Waals surface area contributed by atoms with Crippen LogP contribution in [0.5, 0.6) is 0 Å². The molecule has 1 aromatic rings. The first-order chi connectivity index (χ1) is 8.71. The second kappa shape index (κ2) is 8.58. The average molecular weight is 316 g/mol. The molecule has 2 N–H and O–H groups in total. The minimum atomic E-state index is -0.0892. The van der Waals surface area contributed by atoms with Crippen LogP contribution in [0.25, 0.3) is 0 Å². The van der Waals surface area contributed by atoms with Gasteiger partial charge in [0.15, 0.2) is 0 Å². The van der Waals surface area contributed by atoms with Crippen molar-refractivity contribution in [3.05, 3.63) is 28.5 Å². The topological polar surface area (TPSA) is 48.4 Å². The van der Waals surface area contributed by atoms with Crippen LogP contribution in [-0.2, 0) is 0 Å². The van der Waals surface area contributed by atoms with E-state index in [9.17, 15) is 5.11 Å². The second-order valence-corrected chi connectivity index (χ2v) is 5.03. The van der Waals surface area contributed by atoms with Crippen LogP contribution in [0.2, 0.25) is 0 Å².